The fourth-order valence-electron chi connectivity index (χ4n) is 1.66. The molecule has 0 fully saturated rings. The smallest absolute Gasteiger partial charge is 0.150 e. The number of nitrogens with two attached hydrogens (primary N) is 1. The predicted octanol–water partition coefficient (Wildman–Crippen LogP) is 3.86. The molecule has 0 amide bonds. The van der Waals surface area contributed by atoms with E-state index in [4.69, 9.17) is 5.73 Å². The molecule has 0 unspecified atom stereocenters. The average Bonchev–Trinajstić information content (AvgIpc) is 2.35. The minimum atomic E-state index is 0.151. The van der Waals surface area contributed by atoms with Crippen molar-refractivity contribution < 1.29 is 0 Å². The molecule has 1 aromatic carbocycles. The number of hydrogen-bond donors (Lipinski definition) is 2. The number of aromatic nitrogens is 2. The van der Waals surface area contributed by atoms with Crippen molar-refractivity contribution in [3.05, 3.63) is 40.6 Å². The largest absolute Gasteiger partial charge is 0.383 e. The van der Waals surface area contributed by atoms with Gasteiger partial charge in [-0.05, 0) is 39.0 Å². The maximum atomic E-state index is 5.72. The normalized spacial score (nSPS) is 11.4. The quantitative estimate of drug-likeness (QED) is 0.881. The van der Waals surface area contributed by atoms with Gasteiger partial charge < -0.3 is 11.1 Å². The number of halogens is 1. The minimum Gasteiger partial charge on any atom is -0.383 e. The van der Waals surface area contributed by atoms with Gasteiger partial charge in [0.05, 0.1) is 0 Å². The molecule has 1 heterocycles. The topological polar surface area (TPSA) is 63.8 Å². The Morgan fingerprint density at radius 1 is 1.11 bits per heavy atom. The molecule has 0 spiro atoms. The average molecular weight is 321 g/mol. The van der Waals surface area contributed by atoms with E-state index in [-0.39, 0.29) is 5.41 Å². The number of rotatable bonds is 2. The molecule has 0 aliphatic carbocycles. The molecule has 0 radical (unpaired) electrons. The van der Waals surface area contributed by atoms with Gasteiger partial charge in [-0.1, -0.05) is 32.9 Å². The lowest BCUT2D eigenvalue weighted by Gasteiger charge is -2.19. The molecule has 0 bridgehead atoms. The minimum absolute atomic E-state index is 0.151. The number of anilines is 3. The highest BCUT2D eigenvalue weighted by atomic mass is 79.9. The van der Waals surface area contributed by atoms with E-state index in [1.165, 1.54) is 11.9 Å². The molecule has 100 valence electrons. The number of benzene rings is 1. The monoisotopic (exact) mass is 320 g/mol. The van der Waals surface area contributed by atoms with E-state index in [2.05, 4.69) is 64.1 Å². The summed E-state index contributed by atoms with van der Waals surface area (Å²) >= 11 is 3.37. The molecule has 1 aromatic heterocycles. The predicted molar refractivity (Wildman–Crippen MR) is 82.6 cm³/mol. The van der Waals surface area contributed by atoms with Crippen molar-refractivity contribution in [2.45, 2.75) is 26.2 Å². The number of nitrogens with zero attached hydrogens (tertiary/aromatic N) is 2. The summed E-state index contributed by atoms with van der Waals surface area (Å²) < 4.78 is 0.676. The molecule has 2 aromatic rings. The van der Waals surface area contributed by atoms with Crippen LogP contribution in [-0.2, 0) is 5.41 Å². The van der Waals surface area contributed by atoms with E-state index in [1.54, 1.807) is 0 Å². The molecule has 0 aliphatic heterocycles. The highest BCUT2D eigenvalue weighted by molar-refractivity contribution is 9.10. The molecule has 0 atom stereocenters. The number of nitrogen functional groups attached to an aromatic ring is 1. The van der Waals surface area contributed by atoms with Crippen LogP contribution in [0.1, 0.15) is 26.3 Å². The molecule has 3 N–H and O–H groups in total. The van der Waals surface area contributed by atoms with Crippen molar-refractivity contribution in [2.24, 2.45) is 0 Å². The summed E-state index contributed by atoms with van der Waals surface area (Å²) in [5.74, 6) is 1.08. The van der Waals surface area contributed by atoms with Crippen molar-refractivity contribution in [3.63, 3.8) is 0 Å². The Labute approximate surface area is 121 Å². The molecule has 4 nitrogen and oxygen atoms in total. The molecular formula is C14H17BrN4. The molecule has 0 saturated carbocycles. The van der Waals surface area contributed by atoms with Crippen molar-refractivity contribution >= 4 is 33.3 Å². The first kappa shape index (κ1) is 13.8. The summed E-state index contributed by atoms with van der Waals surface area (Å²) in [4.78, 5) is 8.06. The fourth-order valence-corrected chi connectivity index (χ4v) is 1.96. The van der Waals surface area contributed by atoms with Gasteiger partial charge in [0.25, 0.3) is 0 Å². The van der Waals surface area contributed by atoms with Crippen LogP contribution in [0.3, 0.4) is 0 Å². The second kappa shape index (κ2) is 5.17. The zero-order chi connectivity index (χ0) is 14.0. The lowest BCUT2D eigenvalue weighted by molar-refractivity contribution is 0.590. The third-order valence-electron chi connectivity index (χ3n) is 2.83. The van der Waals surface area contributed by atoms with Crippen LogP contribution in [-0.4, -0.2) is 9.97 Å². The standard InChI is InChI=1S/C14H17BrN4/c1-14(2,3)9-4-6-10(7-5-9)19-13-11(15)12(16)17-8-18-13/h4-8H,1-3H3,(H3,16,17,18,19). The summed E-state index contributed by atoms with van der Waals surface area (Å²) in [6, 6.07) is 8.29. The second-order valence-corrected chi connectivity index (χ2v) is 6.17. The third-order valence-corrected chi connectivity index (χ3v) is 3.61. The van der Waals surface area contributed by atoms with Crippen LogP contribution < -0.4 is 11.1 Å². The highest BCUT2D eigenvalue weighted by Gasteiger charge is 2.13. The first-order valence-corrected chi connectivity index (χ1v) is 6.81. The molecule has 19 heavy (non-hydrogen) atoms. The van der Waals surface area contributed by atoms with Gasteiger partial charge in [-0.3, -0.25) is 0 Å². The lowest BCUT2D eigenvalue weighted by Crippen LogP contribution is -2.10. The summed E-state index contributed by atoms with van der Waals surface area (Å²) in [6.07, 6.45) is 1.44. The highest BCUT2D eigenvalue weighted by Crippen LogP contribution is 2.28. The van der Waals surface area contributed by atoms with Crippen LogP contribution in [0.4, 0.5) is 17.3 Å². The molecule has 0 saturated heterocycles. The maximum Gasteiger partial charge on any atom is 0.150 e. The van der Waals surface area contributed by atoms with Crippen LogP contribution in [0.25, 0.3) is 0 Å². The van der Waals surface area contributed by atoms with Crippen LogP contribution in [0.2, 0.25) is 0 Å². The Morgan fingerprint density at radius 2 is 1.74 bits per heavy atom. The van der Waals surface area contributed by atoms with E-state index < -0.39 is 0 Å². The Bertz CT molecular complexity index is 573. The van der Waals surface area contributed by atoms with Gasteiger partial charge in [-0.15, -0.1) is 0 Å². The van der Waals surface area contributed by atoms with Crippen molar-refractivity contribution in [2.75, 3.05) is 11.1 Å². The van der Waals surface area contributed by atoms with Crippen LogP contribution >= 0.6 is 15.9 Å². The van der Waals surface area contributed by atoms with Crippen molar-refractivity contribution in [1.29, 1.82) is 0 Å². The Hall–Kier alpha value is -1.62. The second-order valence-electron chi connectivity index (χ2n) is 5.37. The Morgan fingerprint density at radius 3 is 2.32 bits per heavy atom. The van der Waals surface area contributed by atoms with E-state index in [9.17, 15) is 0 Å². The Balaban J connectivity index is 2.23. The maximum absolute atomic E-state index is 5.72. The molecular weight excluding hydrogens is 304 g/mol. The van der Waals surface area contributed by atoms with Gasteiger partial charge in [0.15, 0.2) is 0 Å². The summed E-state index contributed by atoms with van der Waals surface area (Å²) in [5.41, 5.74) is 8.12. The number of nitrogens with one attached hydrogen (secondary N) is 1. The first-order valence-electron chi connectivity index (χ1n) is 6.01. The fraction of sp³-hybridized carbons (Fsp3) is 0.286. The van der Waals surface area contributed by atoms with Gasteiger partial charge in [-0.25, -0.2) is 9.97 Å². The van der Waals surface area contributed by atoms with Crippen molar-refractivity contribution in [3.8, 4) is 0 Å². The lowest BCUT2D eigenvalue weighted by atomic mass is 9.87. The third kappa shape index (κ3) is 3.23. The van der Waals surface area contributed by atoms with Gasteiger partial charge >= 0.3 is 0 Å². The van der Waals surface area contributed by atoms with E-state index in [0.29, 0.717) is 16.1 Å². The summed E-state index contributed by atoms with van der Waals surface area (Å²) in [6.45, 7) is 6.57. The SMILES string of the molecule is CC(C)(C)c1ccc(Nc2ncnc(N)c2Br)cc1. The van der Waals surface area contributed by atoms with Gasteiger partial charge in [0.2, 0.25) is 0 Å². The zero-order valence-electron chi connectivity index (χ0n) is 11.2. The summed E-state index contributed by atoms with van der Waals surface area (Å²) in [7, 11) is 0. The first-order chi connectivity index (χ1) is 8.88. The Kier molecular flexibility index (Phi) is 3.75. The molecule has 2 rings (SSSR count). The van der Waals surface area contributed by atoms with E-state index in [1.807, 2.05) is 12.1 Å². The van der Waals surface area contributed by atoms with Crippen molar-refractivity contribution in [1.82, 2.24) is 9.97 Å². The van der Waals surface area contributed by atoms with Crippen LogP contribution in [0.15, 0.2) is 35.1 Å². The molecule has 5 heteroatoms. The van der Waals surface area contributed by atoms with Crippen LogP contribution in [0.5, 0.6) is 0 Å². The van der Waals surface area contributed by atoms with E-state index >= 15 is 0 Å². The summed E-state index contributed by atoms with van der Waals surface area (Å²) in [5, 5.41) is 3.21. The van der Waals surface area contributed by atoms with E-state index in [0.717, 1.165) is 5.69 Å². The van der Waals surface area contributed by atoms with Gasteiger partial charge in [-0.2, -0.15) is 0 Å². The van der Waals surface area contributed by atoms with Crippen LogP contribution in [0, 0.1) is 0 Å². The zero-order valence-corrected chi connectivity index (χ0v) is 12.8. The number of hydrogen-bond acceptors (Lipinski definition) is 4. The van der Waals surface area contributed by atoms with Gasteiger partial charge in [0.1, 0.15) is 22.4 Å². The van der Waals surface area contributed by atoms with Gasteiger partial charge in [0, 0.05) is 5.69 Å². The molecule has 0 aliphatic rings.